The lowest BCUT2D eigenvalue weighted by molar-refractivity contribution is -0.137. The first kappa shape index (κ1) is 21.1. The lowest BCUT2D eigenvalue weighted by atomic mass is 10.2. The van der Waals surface area contributed by atoms with Gasteiger partial charge in [0.25, 0.3) is 5.91 Å². The largest absolute Gasteiger partial charge is 0.416 e. The molecule has 2 aromatic carbocycles. The summed E-state index contributed by atoms with van der Waals surface area (Å²) < 4.78 is 38.8. The van der Waals surface area contributed by atoms with Gasteiger partial charge in [0.2, 0.25) is 0 Å². The number of halogens is 6. The highest BCUT2D eigenvalue weighted by Gasteiger charge is 2.31. The minimum atomic E-state index is -4.52. The van der Waals surface area contributed by atoms with Crippen LogP contribution in [0.25, 0.3) is 10.1 Å². The van der Waals surface area contributed by atoms with E-state index in [0.717, 1.165) is 34.2 Å². The van der Waals surface area contributed by atoms with E-state index in [1.165, 1.54) is 0 Å². The van der Waals surface area contributed by atoms with Gasteiger partial charge in [0, 0.05) is 15.1 Å². The maximum absolute atomic E-state index is 12.7. The number of fused-ring (bicyclic) bond motifs is 1. The minimum absolute atomic E-state index is 0.120. The standard InChI is InChI=1S/C17H8Cl3F3N2OS2/c18-8-2-3-9-12(6-8)28-14(13(9)20)15(26)25-16(27)24-11-4-1-7(5-10(11)19)17(21,22)23/h1-6H,(H2,24,25,26,27). The van der Waals surface area contributed by atoms with Crippen LogP contribution >= 0.6 is 58.4 Å². The summed E-state index contributed by atoms with van der Waals surface area (Å²) in [5, 5.41) is 6.12. The summed E-state index contributed by atoms with van der Waals surface area (Å²) in [7, 11) is 0. The summed E-state index contributed by atoms with van der Waals surface area (Å²) in [6.07, 6.45) is -4.52. The number of thiocarbonyl (C=S) groups is 1. The van der Waals surface area contributed by atoms with E-state index in [1.54, 1.807) is 18.2 Å². The fourth-order valence-electron chi connectivity index (χ4n) is 2.29. The van der Waals surface area contributed by atoms with E-state index < -0.39 is 17.6 Å². The first-order valence-corrected chi connectivity index (χ1v) is 9.79. The first-order chi connectivity index (χ1) is 13.1. The number of carbonyl (C=O) groups is 1. The number of hydrogen-bond donors (Lipinski definition) is 2. The van der Waals surface area contributed by atoms with Crippen LogP contribution in [0.5, 0.6) is 0 Å². The normalized spacial score (nSPS) is 11.5. The van der Waals surface area contributed by atoms with Gasteiger partial charge in [0.1, 0.15) is 4.88 Å². The molecule has 3 aromatic rings. The Morgan fingerprint density at radius 2 is 1.79 bits per heavy atom. The zero-order chi connectivity index (χ0) is 20.6. The third kappa shape index (κ3) is 4.52. The Kier molecular flexibility index (Phi) is 6.07. The average Bonchev–Trinajstić information content (AvgIpc) is 2.91. The molecule has 0 radical (unpaired) electrons. The van der Waals surface area contributed by atoms with Crippen molar-refractivity contribution in [3.05, 3.63) is 61.9 Å². The second-order valence-electron chi connectivity index (χ2n) is 5.49. The van der Waals surface area contributed by atoms with Gasteiger partial charge in [-0.15, -0.1) is 11.3 Å². The van der Waals surface area contributed by atoms with Crippen LogP contribution in [0.3, 0.4) is 0 Å². The van der Waals surface area contributed by atoms with E-state index in [-0.39, 0.29) is 25.7 Å². The lowest BCUT2D eigenvalue weighted by Crippen LogP contribution is -2.33. The van der Waals surface area contributed by atoms with Crippen LogP contribution in [-0.4, -0.2) is 11.0 Å². The molecule has 28 heavy (non-hydrogen) atoms. The summed E-state index contributed by atoms with van der Waals surface area (Å²) in [6.45, 7) is 0. The number of benzene rings is 2. The summed E-state index contributed by atoms with van der Waals surface area (Å²) in [6, 6.07) is 7.78. The first-order valence-electron chi connectivity index (χ1n) is 7.43. The van der Waals surface area contributed by atoms with E-state index in [9.17, 15) is 18.0 Å². The molecular weight excluding hydrogens is 476 g/mol. The molecule has 146 valence electrons. The van der Waals surface area contributed by atoms with Gasteiger partial charge in [-0.05, 0) is 42.5 Å². The summed E-state index contributed by atoms with van der Waals surface area (Å²) >= 11 is 24.2. The van der Waals surface area contributed by atoms with Crippen molar-refractivity contribution in [1.29, 1.82) is 0 Å². The van der Waals surface area contributed by atoms with Crippen LogP contribution in [0.15, 0.2) is 36.4 Å². The molecule has 0 unspecified atom stereocenters. The molecule has 0 bridgehead atoms. The molecule has 0 saturated heterocycles. The van der Waals surface area contributed by atoms with Gasteiger partial charge < -0.3 is 5.32 Å². The van der Waals surface area contributed by atoms with Gasteiger partial charge >= 0.3 is 6.18 Å². The zero-order valence-electron chi connectivity index (χ0n) is 13.5. The molecule has 2 N–H and O–H groups in total. The van der Waals surface area contributed by atoms with Crippen LogP contribution in [0.4, 0.5) is 18.9 Å². The molecule has 1 heterocycles. The van der Waals surface area contributed by atoms with Crippen molar-refractivity contribution in [2.24, 2.45) is 0 Å². The smallest absolute Gasteiger partial charge is 0.331 e. The van der Waals surface area contributed by atoms with Crippen LogP contribution in [-0.2, 0) is 6.18 Å². The Morgan fingerprint density at radius 1 is 1.07 bits per heavy atom. The quantitative estimate of drug-likeness (QED) is 0.385. The summed E-state index contributed by atoms with van der Waals surface area (Å²) in [4.78, 5) is 12.7. The predicted molar refractivity (Wildman–Crippen MR) is 112 cm³/mol. The molecule has 0 saturated carbocycles. The highest BCUT2D eigenvalue weighted by molar-refractivity contribution is 7.80. The number of amides is 1. The molecule has 0 spiro atoms. The monoisotopic (exact) mass is 482 g/mol. The molecule has 0 atom stereocenters. The Labute approximate surface area is 181 Å². The third-order valence-corrected chi connectivity index (χ3v) is 5.98. The van der Waals surface area contributed by atoms with E-state index in [4.69, 9.17) is 47.0 Å². The Morgan fingerprint density at radius 3 is 2.43 bits per heavy atom. The highest BCUT2D eigenvalue weighted by Crippen LogP contribution is 2.37. The predicted octanol–water partition coefficient (Wildman–Crippen LogP) is 7.01. The van der Waals surface area contributed by atoms with Crippen molar-refractivity contribution in [3.63, 3.8) is 0 Å². The number of nitrogens with one attached hydrogen (secondary N) is 2. The SMILES string of the molecule is O=C(NC(=S)Nc1ccc(C(F)(F)F)cc1Cl)c1sc2cc(Cl)ccc2c1Cl. The molecule has 11 heteroatoms. The van der Waals surface area contributed by atoms with Crippen LogP contribution in [0.2, 0.25) is 15.1 Å². The van der Waals surface area contributed by atoms with E-state index in [1.807, 2.05) is 0 Å². The van der Waals surface area contributed by atoms with Crippen LogP contribution in [0, 0.1) is 0 Å². The second kappa shape index (κ2) is 8.04. The number of rotatable bonds is 2. The topological polar surface area (TPSA) is 41.1 Å². The van der Waals surface area contributed by atoms with Crippen LogP contribution < -0.4 is 10.6 Å². The second-order valence-corrected chi connectivity index (χ2v) is 8.17. The zero-order valence-corrected chi connectivity index (χ0v) is 17.4. The fourth-order valence-corrected chi connectivity index (χ4v) is 4.41. The van der Waals surface area contributed by atoms with E-state index >= 15 is 0 Å². The molecular formula is C17H8Cl3F3N2OS2. The van der Waals surface area contributed by atoms with Crippen molar-refractivity contribution in [2.45, 2.75) is 6.18 Å². The van der Waals surface area contributed by atoms with Crippen molar-refractivity contribution in [3.8, 4) is 0 Å². The molecule has 0 aliphatic rings. The van der Waals surface area contributed by atoms with Gasteiger partial charge in [0.05, 0.1) is 21.3 Å². The van der Waals surface area contributed by atoms with Gasteiger partial charge in [0.15, 0.2) is 5.11 Å². The Bertz CT molecular complexity index is 1100. The molecule has 1 aromatic heterocycles. The minimum Gasteiger partial charge on any atom is -0.331 e. The van der Waals surface area contributed by atoms with Gasteiger partial charge in [-0.2, -0.15) is 13.2 Å². The van der Waals surface area contributed by atoms with Crippen molar-refractivity contribution in [1.82, 2.24) is 5.32 Å². The Hall–Kier alpha value is -1.58. The van der Waals surface area contributed by atoms with Gasteiger partial charge in [-0.25, -0.2) is 0 Å². The molecule has 3 rings (SSSR count). The van der Waals surface area contributed by atoms with E-state index in [2.05, 4.69) is 10.6 Å². The van der Waals surface area contributed by atoms with Crippen molar-refractivity contribution < 1.29 is 18.0 Å². The number of anilines is 1. The van der Waals surface area contributed by atoms with Crippen LogP contribution in [0.1, 0.15) is 15.2 Å². The molecule has 1 amide bonds. The molecule has 3 nitrogen and oxygen atoms in total. The summed E-state index contributed by atoms with van der Waals surface area (Å²) in [5.74, 6) is -0.567. The number of carbonyl (C=O) groups excluding carboxylic acids is 1. The number of hydrogen-bond acceptors (Lipinski definition) is 3. The summed E-state index contributed by atoms with van der Waals surface area (Å²) in [5.41, 5.74) is -0.775. The lowest BCUT2D eigenvalue weighted by Gasteiger charge is -2.13. The van der Waals surface area contributed by atoms with Crippen molar-refractivity contribution >= 4 is 85.2 Å². The Balaban J connectivity index is 1.75. The number of alkyl halides is 3. The highest BCUT2D eigenvalue weighted by atomic mass is 35.5. The maximum Gasteiger partial charge on any atom is 0.416 e. The van der Waals surface area contributed by atoms with Gasteiger partial charge in [-0.3, -0.25) is 10.1 Å². The maximum atomic E-state index is 12.7. The third-order valence-electron chi connectivity index (χ3n) is 3.57. The molecule has 0 aliphatic carbocycles. The average molecular weight is 484 g/mol. The fraction of sp³-hybridized carbons (Fsp3) is 0.0588. The van der Waals surface area contributed by atoms with Gasteiger partial charge in [-0.1, -0.05) is 40.9 Å². The number of thiophene rings is 1. The van der Waals surface area contributed by atoms with Crippen molar-refractivity contribution in [2.75, 3.05) is 5.32 Å². The molecule has 0 fully saturated rings. The van der Waals surface area contributed by atoms with E-state index in [0.29, 0.717) is 10.4 Å². The molecule has 0 aliphatic heterocycles.